The van der Waals surface area contributed by atoms with E-state index in [1.165, 1.54) is 11.7 Å². The molecular formula is C30H37F2N3O5. The summed E-state index contributed by atoms with van der Waals surface area (Å²) in [6.45, 7) is 7.94. The second-order valence-corrected chi connectivity index (χ2v) is 11.1. The number of carbonyl (C=O) groups excluding carboxylic acids is 2. The lowest BCUT2D eigenvalue weighted by Gasteiger charge is -2.36. The highest BCUT2D eigenvalue weighted by molar-refractivity contribution is 5.94. The molecule has 0 radical (unpaired) electrons. The van der Waals surface area contributed by atoms with Gasteiger partial charge in [-0.1, -0.05) is 12.1 Å². The first kappa shape index (κ1) is 29.2. The second kappa shape index (κ2) is 11.7. The Kier molecular flexibility index (Phi) is 8.56. The number of hydrogen-bond donors (Lipinski definition) is 0. The van der Waals surface area contributed by atoms with Crippen LogP contribution in [0.5, 0.6) is 11.5 Å². The second-order valence-electron chi connectivity index (χ2n) is 11.1. The molecule has 1 aromatic heterocycles. The monoisotopic (exact) mass is 557 g/mol. The van der Waals surface area contributed by atoms with Crippen LogP contribution < -0.4 is 14.4 Å². The number of hydrogen-bond acceptors (Lipinski definition) is 5. The summed E-state index contributed by atoms with van der Waals surface area (Å²) >= 11 is 0. The number of rotatable bonds is 9. The van der Waals surface area contributed by atoms with Crippen molar-refractivity contribution >= 4 is 28.7 Å². The van der Waals surface area contributed by atoms with E-state index in [-0.39, 0.29) is 25.5 Å². The van der Waals surface area contributed by atoms with Crippen molar-refractivity contribution in [2.75, 3.05) is 31.7 Å². The van der Waals surface area contributed by atoms with Gasteiger partial charge in [-0.25, -0.2) is 18.4 Å². The van der Waals surface area contributed by atoms with Crippen LogP contribution in [0.4, 0.5) is 24.1 Å². The standard InChI is InChI=1S/C30H37F2N3O5/c1-29(2,3)40-28(37)35-17-13-23-21(9-6-10-24(23)35)20-33-15-8-16-34(27(33)36)22-11-12-25(38-5)26(19-22)39-18-7-14-30(4,31)32/h6,9-13,17,19H,7-8,14-16,18,20H2,1-5H3. The number of nitrogens with zero attached hydrogens (tertiary/aromatic N) is 3. The van der Waals surface area contributed by atoms with Gasteiger partial charge in [-0.05, 0) is 70.4 Å². The number of benzene rings is 2. The Morgan fingerprint density at radius 3 is 2.50 bits per heavy atom. The molecule has 40 heavy (non-hydrogen) atoms. The van der Waals surface area contributed by atoms with Gasteiger partial charge in [-0.3, -0.25) is 9.47 Å². The quantitative estimate of drug-likeness (QED) is 0.263. The predicted molar refractivity (Wildman–Crippen MR) is 150 cm³/mol. The average molecular weight is 558 g/mol. The topological polar surface area (TPSA) is 73.2 Å². The fourth-order valence-corrected chi connectivity index (χ4v) is 4.72. The summed E-state index contributed by atoms with van der Waals surface area (Å²) < 4.78 is 44.5. The smallest absolute Gasteiger partial charge is 0.418 e. The zero-order chi connectivity index (χ0) is 29.1. The van der Waals surface area contributed by atoms with E-state index < -0.39 is 17.6 Å². The molecule has 8 nitrogen and oxygen atoms in total. The summed E-state index contributed by atoms with van der Waals surface area (Å²) in [6.07, 6.45) is 1.90. The molecule has 1 saturated heterocycles. The van der Waals surface area contributed by atoms with Gasteiger partial charge in [-0.2, -0.15) is 0 Å². The summed E-state index contributed by atoms with van der Waals surface area (Å²) in [7, 11) is 1.51. The molecule has 1 aliphatic heterocycles. The molecule has 1 aliphatic rings. The number of carbonyl (C=O) groups is 2. The van der Waals surface area contributed by atoms with Gasteiger partial charge in [0.05, 0.1) is 19.2 Å². The van der Waals surface area contributed by atoms with E-state index in [0.717, 1.165) is 24.3 Å². The molecule has 3 aromatic rings. The molecule has 0 saturated carbocycles. The molecule has 216 valence electrons. The van der Waals surface area contributed by atoms with Crippen LogP contribution in [0.2, 0.25) is 0 Å². The summed E-state index contributed by atoms with van der Waals surface area (Å²) in [6, 6.07) is 12.6. The van der Waals surface area contributed by atoms with Crippen molar-refractivity contribution in [1.82, 2.24) is 9.47 Å². The largest absolute Gasteiger partial charge is 0.493 e. The minimum atomic E-state index is -2.75. The molecule has 0 N–H and O–H groups in total. The van der Waals surface area contributed by atoms with Crippen LogP contribution in [-0.4, -0.2) is 59.9 Å². The van der Waals surface area contributed by atoms with Crippen molar-refractivity contribution in [1.29, 1.82) is 0 Å². The van der Waals surface area contributed by atoms with Crippen LogP contribution >= 0.6 is 0 Å². The van der Waals surface area contributed by atoms with E-state index in [1.54, 1.807) is 34.2 Å². The van der Waals surface area contributed by atoms with E-state index in [1.807, 2.05) is 45.0 Å². The lowest BCUT2D eigenvalue weighted by molar-refractivity contribution is 0.00761. The lowest BCUT2D eigenvalue weighted by atomic mass is 10.1. The maximum absolute atomic E-state index is 13.6. The molecule has 2 heterocycles. The summed E-state index contributed by atoms with van der Waals surface area (Å²) in [4.78, 5) is 29.8. The van der Waals surface area contributed by atoms with Gasteiger partial charge in [0, 0.05) is 49.4 Å². The summed E-state index contributed by atoms with van der Waals surface area (Å²) in [5.74, 6) is -1.88. The summed E-state index contributed by atoms with van der Waals surface area (Å²) in [5, 5.41) is 0.871. The number of aromatic nitrogens is 1. The molecule has 0 atom stereocenters. The van der Waals surface area contributed by atoms with Crippen LogP contribution in [0.15, 0.2) is 48.7 Å². The van der Waals surface area contributed by atoms with Gasteiger partial charge in [0.15, 0.2) is 11.5 Å². The number of amides is 2. The molecule has 4 rings (SSSR count). The fourth-order valence-electron chi connectivity index (χ4n) is 4.72. The number of anilines is 1. The van der Waals surface area contributed by atoms with Gasteiger partial charge in [0.1, 0.15) is 5.60 Å². The average Bonchev–Trinajstić information content (AvgIpc) is 3.32. The molecular weight excluding hydrogens is 520 g/mol. The molecule has 2 amide bonds. The van der Waals surface area contributed by atoms with E-state index in [0.29, 0.717) is 42.3 Å². The lowest BCUT2D eigenvalue weighted by Crippen LogP contribution is -2.49. The van der Waals surface area contributed by atoms with Gasteiger partial charge in [0.2, 0.25) is 5.92 Å². The fraction of sp³-hybridized carbons (Fsp3) is 0.467. The molecule has 1 fully saturated rings. The maximum Gasteiger partial charge on any atom is 0.418 e. The molecule has 0 unspecified atom stereocenters. The number of methoxy groups -OCH3 is 1. The Morgan fingerprint density at radius 1 is 1.02 bits per heavy atom. The van der Waals surface area contributed by atoms with Crippen molar-refractivity contribution in [3.63, 3.8) is 0 Å². The van der Waals surface area contributed by atoms with Crippen molar-refractivity contribution in [3.8, 4) is 11.5 Å². The first-order chi connectivity index (χ1) is 18.9. The van der Waals surface area contributed by atoms with Crippen molar-refractivity contribution in [2.24, 2.45) is 0 Å². The van der Waals surface area contributed by atoms with Crippen LogP contribution in [0.3, 0.4) is 0 Å². The zero-order valence-corrected chi connectivity index (χ0v) is 23.7. The highest BCUT2D eigenvalue weighted by atomic mass is 19.3. The molecule has 0 bridgehead atoms. The highest BCUT2D eigenvalue weighted by Gasteiger charge is 2.29. The van der Waals surface area contributed by atoms with Gasteiger partial charge in [0.25, 0.3) is 0 Å². The van der Waals surface area contributed by atoms with E-state index >= 15 is 0 Å². The Morgan fingerprint density at radius 2 is 1.80 bits per heavy atom. The summed E-state index contributed by atoms with van der Waals surface area (Å²) in [5.41, 5.74) is 1.65. The third-order valence-corrected chi connectivity index (χ3v) is 6.56. The van der Waals surface area contributed by atoms with E-state index in [2.05, 4.69) is 0 Å². The molecule has 0 aliphatic carbocycles. The van der Waals surface area contributed by atoms with Gasteiger partial charge < -0.3 is 19.1 Å². The van der Waals surface area contributed by atoms with Crippen molar-refractivity contribution in [2.45, 2.75) is 65.0 Å². The minimum absolute atomic E-state index is 0.107. The molecule has 10 heteroatoms. The number of alkyl halides is 2. The van der Waals surface area contributed by atoms with Crippen molar-refractivity contribution < 1.29 is 32.6 Å². The van der Waals surface area contributed by atoms with Crippen LogP contribution in [0.1, 0.15) is 52.5 Å². The van der Waals surface area contributed by atoms with Crippen LogP contribution in [0.25, 0.3) is 10.9 Å². The Hall–Kier alpha value is -3.82. The van der Waals surface area contributed by atoms with Crippen molar-refractivity contribution in [3.05, 3.63) is 54.2 Å². The van der Waals surface area contributed by atoms with Crippen LogP contribution in [-0.2, 0) is 11.3 Å². The Bertz CT molecular complexity index is 1360. The first-order valence-corrected chi connectivity index (χ1v) is 13.4. The Labute approximate surface area is 233 Å². The zero-order valence-electron chi connectivity index (χ0n) is 23.7. The SMILES string of the molecule is COc1ccc(N2CCCN(Cc3cccc4c3ccn4C(=O)OC(C)(C)C)C2=O)cc1OCCCC(C)(F)F. The van der Waals surface area contributed by atoms with E-state index in [4.69, 9.17) is 14.2 Å². The van der Waals surface area contributed by atoms with Gasteiger partial charge >= 0.3 is 12.1 Å². The normalized spacial score (nSPS) is 14.5. The van der Waals surface area contributed by atoms with Crippen LogP contribution in [0, 0.1) is 0 Å². The predicted octanol–water partition coefficient (Wildman–Crippen LogP) is 7.08. The van der Waals surface area contributed by atoms with Gasteiger partial charge in [-0.15, -0.1) is 0 Å². The number of fused-ring (bicyclic) bond motifs is 1. The maximum atomic E-state index is 13.6. The third-order valence-electron chi connectivity index (χ3n) is 6.56. The highest BCUT2D eigenvalue weighted by Crippen LogP contribution is 2.34. The molecule has 0 spiro atoms. The third kappa shape index (κ3) is 7.03. The number of halogens is 2. The number of urea groups is 1. The number of ether oxygens (including phenoxy) is 3. The Balaban J connectivity index is 1.50. The van der Waals surface area contributed by atoms with E-state index in [9.17, 15) is 18.4 Å². The first-order valence-electron chi connectivity index (χ1n) is 13.4. The minimum Gasteiger partial charge on any atom is -0.493 e. The molecule has 2 aromatic carbocycles.